The summed E-state index contributed by atoms with van der Waals surface area (Å²) in [4.78, 5) is 2.58. The van der Waals surface area contributed by atoms with Crippen molar-refractivity contribution in [1.29, 1.82) is 0 Å². The Morgan fingerprint density at radius 1 is 0.400 bits per heavy atom. The number of hydrogen-bond acceptors (Lipinski definition) is 1. The third kappa shape index (κ3) is 5.70. The molecule has 0 atom stereocenters. The normalized spacial score (nSPS) is 22.2. The SMILES string of the molecule is Cc1cc(-c2ccc(C34CC5CC(CC(C5)C3)C4)cc2)cc(C)c1N(c1ccc2c(c1)C(C)(C)c1ccccc1-2)c1ccc2c(c1)C(c1ccccc1)(c1ccccc1)c1ccccc1-2. The molecular formula is C64H57N. The summed E-state index contributed by atoms with van der Waals surface area (Å²) in [6, 6.07) is 69.8. The van der Waals surface area contributed by atoms with Gasteiger partial charge in [-0.05, 0) is 195 Å². The molecule has 0 amide bonds. The van der Waals surface area contributed by atoms with Crippen molar-refractivity contribution in [3.8, 4) is 33.4 Å². The van der Waals surface area contributed by atoms with Crippen molar-refractivity contribution < 1.29 is 0 Å². The Hall–Kier alpha value is -6.44. The number of anilines is 3. The Balaban J connectivity index is 0.983. The second-order valence-corrected chi connectivity index (χ2v) is 21.2. The largest absolute Gasteiger partial charge is 0.310 e. The summed E-state index contributed by atoms with van der Waals surface area (Å²) in [5, 5.41) is 0. The van der Waals surface area contributed by atoms with Gasteiger partial charge < -0.3 is 4.90 Å². The summed E-state index contributed by atoms with van der Waals surface area (Å²) in [5.41, 5.74) is 23.4. The van der Waals surface area contributed by atoms with Gasteiger partial charge in [0.05, 0.1) is 11.1 Å². The van der Waals surface area contributed by atoms with Crippen molar-refractivity contribution in [3.63, 3.8) is 0 Å². The predicted molar refractivity (Wildman–Crippen MR) is 271 cm³/mol. The average Bonchev–Trinajstić information content (AvgIpc) is 3.75. The number of fused-ring (bicyclic) bond motifs is 6. The lowest BCUT2D eigenvalue weighted by Crippen LogP contribution is -2.48. The molecule has 4 bridgehead atoms. The van der Waals surface area contributed by atoms with Crippen LogP contribution in [-0.2, 0) is 16.2 Å². The standard InChI is InChI=1S/C64H57N/c1-41-31-47(46-23-25-48(26-24-46)63-38-43-33-44(39-63)35-45(34-43)40-63)32-42(2)61(41)65(51-27-29-55-53-19-11-13-21-57(53)62(3,4)59(55)36-51)52-28-30-56-54-20-12-14-22-58(54)64(60(56)37-52,49-15-7-5-8-16-49)50-17-9-6-10-18-50/h5-32,36-37,43-45H,33-35,38-40H2,1-4H3. The fourth-order valence-corrected chi connectivity index (χ4v) is 14.8. The lowest BCUT2D eigenvalue weighted by atomic mass is 9.48. The van der Waals surface area contributed by atoms with E-state index in [4.69, 9.17) is 0 Å². The minimum Gasteiger partial charge on any atom is -0.310 e. The average molecular weight is 840 g/mol. The molecule has 1 nitrogen and oxygen atoms in total. The van der Waals surface area contributed by atoms with E-state index >= 15 is 0 Å². The second-order valence-electron chi connectivity index (χ2n) is 21.2. The van der Waals surface area contributed by atoms with Crippen molar-refractivity contribution in [1.82, 2.24) is 0 Å². The molecule has 0 spiro atoms. The van der Waals surface area contributed by atoms with Crippen molar-refractivity contribution in [3.05, 3.63) is 232 Å². The molecule has 14 rings (SSSR count). The molecule has 0 radical (unpaired) electrons. The van der Waals surface area contributed by atoms with E-state index in [1.54, 1.807) is 5.56 Å². The van der Waals surface area contributed by atoms with Crippen molar-refractivity contribution >= 4 is 17.1 Å². The van der Waals surface area contributed by atoms with Gasteiger partial charge in [0, 0.05) is 16.8 Å². The number of rotatable bonds is 7. The van der Waals surface area contributed by atoms with Crippen LogP contribution in [0.5, 0.6) is 0 Å². The van der Waals surface area contributed by atoms with E-state index < -0.39 is 5.41 Å². The molecule has 6 aliphatic rings. The van der Waals surface area contributed by atoms with E-state index in [-0.39, 0.29) is 5.41 Å². The minimum atomic E-state index is -0.492. The van der Waals surface area contributed by atoms with Crippen molar-refractivity contribution in [2.75, 3.05) is 4.90 Å². The quantitative estimate of drug-likeness (QED) is 0.155. The van der Waals surface area contributed by atoms with Gasteiger partial charge in [0.2, 0.25) is 0 Å². The molecule has 0 heterocycles. The molecule has 65 heavy (non-hydrogen) atoms. The van der Waals surface area contributed by atoms with E-state index in [0.29, 0.717) is 5.41 Å². The van der Waals surface area contributed by atoms with Gasteiger partial charge in [-0.15, -0.1) is 0 Å². The third-order valence-corrected chi connectivity index (χ3v) is 17.1. The monoisotopic (exact) mass is 839 g/mol. The smallest absolute Gasteiger partial charge is 0.0714 e. The molecule has 1 heteroatoms. The summed E-state index contributed by atoms with van der Waals surface area (Å²) < 4.78 is 0. The predicted octanol–water partition coefficient (Wildman–Crippen LogP) is 16.6. The first-order valence-corrected chi connectivity index (χ1v) is 24.3. The minimum absolute atomic E-state index is 0.126. The molecule has 4 saturated carbocycles. The second kappa shape index (κ2) is 14.3. The third-order valence-electron chi connectivity index (χ3n) is 17.1. The van der Waals surface area contributed by atoms with E-state index in [0.717, 1.165) is 17.8 Å². The Morgan fingerprint density at radius 2 is 0.862 bits per heavy atom. The van der Waals surface area contributed by atoms with Crippen LogP contribution in [0.25, 0.3) is 33.4 Å². The van der Waals surface area contributed by atoms with E-state index in [9.17, 15) is 0 Å². The van der Waals surface area contributed by atoms with Crippen LogP contribution in [0.15, 0.2) is 182 Å². The zero-order chi connectivity index (χ0) is 43.7. The van der Waals surface area contributed by atoms with Gasteiger partial charge in [-0.1, -0.05) is 159 Å². The highest BCUT2D eigenvalue weighted by atomic mass is 15.1. The van der Waals surface area contributed by atoms with Crippen LogP contribution in [-0.4, -0.2) is 0 Å². The van der Waals surface area contributed by atoms with Gasteiger partial charge in [-0.25, -0.2) is 0 Å². The molecule has 0 N–H and O–H groups in total. The lowest BCUT2D eigenvalue weighted by Gasteiger charge is -2.57. The first kappa shape index (κ1) is 39.0. The van der Waals surface area contributed by atoms with Crippen LogP contribution in [0.4, 0.5) is 17.1 Å². The highest BCUT2D eigenvalue weighted by molar-refractivity contribution is 5.92. The first-order chi connectivity index (χ1) is 31.7. The molecule has 0 aromatic heterocycles. The lowest BCUT2D eigenvalue weighted by molar-refractivity contribution is -0.00518. The van der Waals surface area contributed by atoms with E-state index in [1.807, 2.05) is 0 Å². The molecule has 8 aromatic carbocycles. The molecule has 0 aliphatic heterocycles. The van der Waals surface area contributed by atoms with E-state index in [2.05, 4.69) is 215 Å². The molecule has 8 aromatic rings. The summed E-state index contributed by atoms with van der Waals surface area (Å²) in [6.07, 6.45) is 8.65. The fourth-order valence-electron chi connectivity index (χ4n) is 14.8. The van der Waals surface area contributed by atoms with E-state index in [1.165, 1.54) is 133 Å². The summed E-state index contributed by atoms with van der Waals surface area (Å²) in [7, 11) is 0. The zero-order valence-electron chi connectivity index (χ0n) is 38.2. The maximum absolute atomic E-state index is 2.58. The van der Waals surface area contributed by atoms with Crippen LogP contribution >= 0.6 is 0 Å². The summed E-state index contributed by atoms with van der Waals surface area (Å²) >= 11 is 0. The molecule has 0 unspecified atom stereocenters. The van der Waals surface area contributed by atoms with Gasteiger partial charge in [0.15, 0.2) is 0 Å². The van der Waals surface area contributed by atoms with Gasteiger partial charge in [-0.2, -0.15) is 0 Å². The number of nitrogens with zero attached hydrogens (tertiary/aromatic N) is 1. The van der Waals surface area contributed by atoms with Crippen LogP contribution < -0.4 is 4.90 Å². The van der Waals surface area contributed by atoms with Gasteiger partial charge in [-0.3, -0.25) is 0 Å². The van der Waals surface area contributed by atoms with Crippen molar-refractivity contribution in [2.24, 2.45) is 17.8 Å². The van der Waals surface area contributed by atoms with Crippen LogP contribution in [0.2, 0.25) is 0 Å². The van der Waals surface area contributed by atoms with Crippen molar-refractivity contribution in [2.45, 2.75) is 82.5 Å². The first-order valence-electron chi connectivity index (χ1n) is 24.3. The summed E-state index contributed by atoms with van der Waals surface area (Å²) in [6.45, 7) is 9.45. The number of benzene rings is 8. The van der Waals surface area contributed by atoms with Gasteiger partial charge in [0.25, 0.3) is 0 Å². The Bertz CT molecular complexity index is 3070. The topological polar surface area (TPSA) is 3.24 Å². The fraction of sp³-hybridized carbons (Fsp3) is 0.250. The molecular weight excluding hydrogens is 783 g/mol. The number of hydrogen-bond donors (Lipinski definition) is 0. The Kier molecular flexibility index (Phi) is 8.56. The maximum atomic E-state index is 2.58. The Labute approximate surface area is 385 Å². The molecule has 4 fully saturated rings. The molecule has 0 saturated heterocycles. The number of aryl methyl sites for hydroxylation is 2. The maximum Gasteiger partial charge on any atom is 0.0714 e. The molecule has 318 valence electrons. The van der Waals surface area contributed by atoms with Crippen LogP contribution in [0, 0.1) is 31.6 Å². The highest BCUT2D eigenvalue weighted by Gasteiger charge is 2.52. The Morgan fingerprint density at radius 3 is 1.43 bits per heavy atom. The summed E-state index contributed by atoms with van der Waals surface area (Å²) in [5.74, 6) is 2.84. The van der Waals surface area contributed by atoms with Gasteiger partial charge >= 0.3 is 0 Å². The van der Waals surface area contributed by atoms with Gasteiger partial charge in [0.1, 0.15) is 0 Å². The van der Waals surface area contributed by atoms with Crippen LogP contribution in [0.1, 0.15) is 102 Å². The van der Waals surface area contributed by atoms with Crippen LogP contribution in [0.3, 0.4) is 0 Å². The highest BCUT2D eigenvalue weighted by Crippen LogP contribution is 2.61. The molecule has 6 aliphatic carbocycles. The zero-order valence-corrected chi connectivity index (χ0v) is 38.2.